The van der Waals surface area contributed by atoms with Crippen molar-refractivity contribution < 1.29 is 17.9 Å². The van der Waals surface area contributed by atoms with Crippen LogP contribution in [0.1, 0.15) is 12.0 Å². The summed E-state index contributed by atoms with van der Waals surface area (Å²) in [5.41, 5.74) is 2.45. The van der Waals surface area contributed by atoms with Gasteiger partial charge in [0.2, 0.25) is 15.9 Å². The SMILES string of the molecule is CNS(=O)(=O)c1ccc(CCC(=O)Nc2cc(-c3ccccc3OC)[nH]n2)cc1. The van der Waals surface area contributed by atoms with Crippen molar-refractivity contribution in [2.75, 3.05) is 19.5 Å². The number of hydrogen-bond acceptors (Lipinski definition) is 5. The molecule has 0 saturated heterocycles. The Morgan fingerprint density at radius 3 is 2.55 bits per heavy atom. The van der Waals surface area contributed by atoms with Crippen molar-refractivity contribution in [3.8, 4) is 17.0 Å². The van der Waals surface area contributed by atoms with E-state index in [9.17, 15) is 13.2 Å². The smallest absolute Gasteiger partial charge is 0.240 e. The van der Waals surface area contributed by atoms with Gasteiger partial charge in [-0.15, -0.1) is 0 Å². The molecule has 0 aliphatic rings. The summed E-state index contributed by atoms with van der Waals surface area (Å²) in [4.78, 5) is 12.4. The molecular formula is C20H22N4O4S. The van der Waals surface area contributed by atoms with E-state index >= 15 is 0 Å². The van der Waals surface area contributed by atoms with Crippen LogP contribution in [0.15, 0.2) is 59.5 Å². The lowest BCUT2D eigenvalue weighted by atomic mass is 10.1. The third-order valence-corrected chi connectivity index (χ3v) is 5.82. The zero-order valence-corrected chi connectivity index (χ0v) is 16.9. The zero-order chi connectivity index (χ0) is 20.9. The molecule has 3 aromatic rings. The molecular weight excluding hydrogens is 392 g/mol. The lowest BCUT2D eigenvalue weighted by Crippen LogP contribution is -2.18. The maximum absolute atomic E-state index is 12.2. The number of anilines is 1. The Hall–Kier alpha value is -3.17. The molecule has 0 aliphatic heterocycles. The zero-order valence-electron chi connectivity index (χ0n) is 16.1. The Labute approximate surface area is 169 Å². The summed E-state index contributed by atoms with van der Waals surface area (Å²) in [6.45, 7) is 0. The summed E-state index contributed by atoms with van der Waals surface area (Å²) >= 11 is 0. The molecule has 0 aliphatic carbocycles. The van der Waals surface area contributed by atoms with Gasteiger partial charge in [0.1, 0.15) is 5.75 Å². The molecule has 0 spiro atoms. The summed E-state index contributed by atoms with van der Waals surface area (Å²) < 4.78 is 31.1. The first-order chi connectivity index (χ1) is 13.9. The number of H-pyrrole nitrogens is 1. The molecule has 8 nitrogen and oxygen atoms in total. The summed E-state index contributed by atoms with van der Waals surface area (Å²) in [7, 11) is -0.504. The molecule has 3 rings (SSSR count). The van der Waals surface area contributed by atoms with Crippen molar-refractivity contribution in [1.82, 2.24) is 14.9 Å². The topological polar surface area (TPSA) is 113 Å². The van der Waals surface area contributed by atoms with Gasteiger partial charge in [0, 0.05) is 18.1 Å². The maximum atomic E-state index is 12.2. The first-order valence-corrected chi connectivity index (χ1v) is 10.4. The lowest BCUT2D eigenvalue weighted by Gasteiger charge is -2.05. The summed E-state index contributed by atoms with van der Waals surface area (Å²) in [6, 6.07) is 15.7. The largest absolute Gasteiger partial charge is 0.496 e. The highest BCUT2D eigenvalue weighted by molar-refractivity contribution is 7.89. The Kier molecular flexibility index (Phi) is 6.30. The fourth-order valence-corrected chi connectivity index (χ4v) is 3.54. The number of carbonyl (C=O) groups is 1. The van der Waals surface area contributed by atoms with E-state index in [4.69, 9.17) is 4.74 Å². The van der Waals surface area contributed by atoms with E-state index in [1.165, 1.54) is 19.2 Å². The fourth-order valence-electron chi connectivity index (χ4n) is 2.81. The second kappa shape index (κ2) is 8.89. The normalized spacial score (nSPS) is 11.2. The molecule has 0 radical (unpaired) electrons. The van der Waals surface area contributed by atoms with Crippen molar-refractivity contribution >= 4 is 21.7 Å². The van der Waals surface area contributed by atoms with Gasteiger partial charge in [0.15, 0.2) is 5.82 Å². The molecule has 0 unspecified atom stereocenters. The van der Waals surface area contributed by atoms with Crippen molar-refractivity contribution in [3.05, 3.63) is 60.2 Å². The number of methoxy groups -OCH3 is 1. The third-order valence-electron chi connectivity index (χ3n) is 4.39. The lowest BCUT2D eigenvalue weighted by molar-refractivity contribution is -0.116. The number of nitrogens with zero attached hydrogens (tertiary/aromatic N) is 1. The Morgan fingerprint density at radius 2 is 1.86 bits per heavy atom. The van der Waals surface area contributed by atoms with Gasteiger partial charge in [-0.05, 0) is 43.3 Å². The standard InChI is InChI=1S/C20H22N4O4S/c1-21-29(26,27)15-10-7-14(8-11-15)9-12-20(25)22-19-13-17(23-24-19)16-5-3-4-6-18(16)28-2/h3-8,10-11,13,21H,9,12H2,1-2H3,(H2,22,23,24,25). The highest BCUT2D eigenvalue weighted by Crippen LogP contribution is 2.29. The van der Waals surface area contributed by atoms with Gasteiger partial charge in [-0.2, -0.15) is 5.10 Å². The summed E-state index contributed by atoms with van der Waals surface area (Å²) in [5, 5.41) is 9.78. The van der Waals surface area contributed by atoms with E-state index in [1.54, 1.807) is 25.3 Å². The predicted molar refractivity (Wildman–Crippen MR) is 110 cm³/mol. The number of rotatable bonds is 8. The number of nitrogens with one attached hydrogen (secondary N) is 3. The van der Waals surface area contributed by atoms with E-state index in [1.807, 2.05) is 24.3 Å². The highest BCUT2D eigenvalue weighted by atomic mass is 32.2. The van der Waals surface area contributed by atoms with Gasteiger partial charge in [-0.3, -0.25) is 9.89 Å². The minimum Gasteiger partial charge on any atom is -0.496 e. The number of benzene rings is 2. The number of aromatic amines is 1. The van der Waals surface area contributed by atoms with Crippen LogP contribution in [-0.2, 0) is 21.2 Å². The highest BCUT2D eigenvalue weighted by Gasteiger charge is 2.12. The van der Waals surface area contributed by atoms with E-state index in [0.717, 1.165) is 16.8 Å². The molecule has 0 fully saturated rings. The molecule has 0 atom stereocenters. The maximum Gasteiger partial charge on any atom is 0.240 e. The van der Waals surface area contributed by atoms with Crippen molar-refractivity contribution in [1.29, 1.82) is 0 Å². The van der Waals surface area contributed by atoms with Gasteiger partial charge in [0.25, 0.3) is 0 Å². The van der Waals surface area contributed by atoms with Crippen LogP contribution in [0, 0.1) is 0 Å². The quantitative estimate of drug-likeness (QED) is 0.524. The van der Waals surface area contributed by atoms with Crippen LogP contribution in [0.5, 0.6) is 5.75 Å². The van der Waals surface area contributed by atoms with Crippen LogP contribution in [0.4, 0.5) is 5.82 Å². The van der Waals surface area contributed by atoms with Crippen LogP contribution in [0.2, 0.25) is 0 Å². The second-order valence-electron chi connectivity index (χ2n) is 6.27. The van der Waals surface area contributed by atoms with Crippen LogP contribution >= 0.6 is 0 Å². The van der Waals surface area contributed by atoms with E-state index in [-0.39, 0.29) is 17.2 Å². The molecule has 0 saturated carbocycles. The molecule has 9 heteroatoms. The third kappa shape index (κ3) is 5.01. The van der Waals surface area contributed by atoms with E-state index in [0.29, 0.717) is 18.0 Å². The molecule has 2 aromatic carbocycles. The molecule has 29 heavy (non-hydrogen) atoms. The number of amides is 1. The van der Waals surface area contributed by atoms with Crippen molar-refractivity contribution in [2.45, 2.75) is 17.7 Å². The number of hydrogen-bond donors (Lipinski definition) is 3. The fraction of sp³-hybridized carbons (Fsp3) is 0.200. The van der Waals surface area contributed by atoms with Crippen LogP contribution in [-0.4, -0.2) is 38.7 Å². The van der Waals surface area contributed by atoms with Gasteiger partial charge >= 0.3 is 0 Å². The summed E-state index contributed by atoms with van der Waals surface area (Å²) in [5.74, 6) is 0.944. The number of aryl methyl sites for hydroxylation is 1. The molecule has 1 heterocycles. The molecule has 1 amide bonds. The number of carbonyl (C=O) groups excluding carboxylic acids is 1. The average Bonchev–Trinajstić information content (AvgIpc) is 3.20. The van der Waals surface area contributed by atoms with Gasteiger partial charge in [-0.25, -0.2) is 13.1 Å². The van der Waals surface area contributed by atoms with Gasteiger partial charge in [-0.1, -0.05) is 24.3 Å². The molecule has 3 N–H and O–H groups in total. The summed E-state index contributed by atoms with van der Waals surface area (Å²) in [6.07, 6.45) is 0.727. The number of sulfonamides is 1. The number of para-hydroxylation sites is 1. The predicted octanol–water partition coefficient (Wildman–Crippen LogP) is 2.56. The van der Waals surface area contributed by atoms with E-state index in [2.05, 4.69) is 20.2 Å². The first-order valence-electron chi connectivity index (χ1n) is 8.94. The van der Waals surface area contributed by atoms with Gasteiger partial charge in [0.05, 0.1) is 17.7 Å². The number of ether oxygens (including phenoxy) is 1. The van der Waals surface area contributed by atoms with Gasteiger partial charge < -0.3 is 10.1 Å². The Bertz CT molecular complexity index is 1090. The van der Waals surface area contributed by atoms with Crippen molar-refractivity contribution in [2.24, 2.45) is 0 Å². The Balaban J connectivity index is 1.58. The van der Waals surface area contributed by atoms with Crippen molar-refractivity contribution in [3.63, 3.8) is 0 Å². The van der Waals surface area contributed by atoms with Crippen LogP contribution in [0.3, 0.4) is 0 Å². The first kappa shape index (κ1) is 20.6. The molecule has 152 valence electrons. The average molecular weight is 414 g/mol. The van der Waals surface area contributed by atoms with Crippen LogP contribution in [0.25, 0.3) is 11.3 Å². The number of aromatic nitrogens is 2. The second-order valence-corrected chi connectivity index (χ2v) is 8.15. The Morgan fingerprint density at radius 1 is 1.14 bits per heavy atom. The molecule has 1 aromatic heterocycles. The minimum atomic E-state index is -3.46. The molecule has 0 bridgehead atoms. The monoisotopic (exact) mass is 414 g/mol. The minimum absolute atomic E-state index is 0.185. The van der Waals surface area contributed by atoms with E-state index < -0.39 is 10.0 Å². The van der Waals surface area contributed by atoms with Crippen LogP contribution < -0.4 is 14.8 Å².